The zero-order valence-electron chi connectivity index (χ0n) is 18.4. The lowest BCUT2D eigenvalue weighted by molar-refractivity contribution is -0.157. The van der Waals surface area contributed by atoms with Gasteiger partial charge in [0.15, 0.2) is 5.79 Å². The number of anilines is 2. The number of carbonyl (C=O) groups excluding carboxylic acids is 3. The average molecular weight is 569 g/mol. The highest BCUT2D eigenvalue weighted by Crippen LogP contribution is 2.63. The van der Waals surface area contributed by atoms with Crippen LogP contribution in [0, 0.1) is 11.8 Å². The van der Waals surface area contributed by atoms with Crippen molar-refractivity contribution in [2.24, 2.45) is 11.8 Å². The van der Waals surface area contributed by atoms with Crippen LogP contribution in [-0.4, -0.2) is 54.2 Å². The van der Waals surface area contributed by atoms with Gasteiger partial charge in [-0.25, -0.2) is 4.90 Å². The van der Waals surface area contributed by atoms with Crippen LogP contribution in [0.15, 0.2) is 30.3 Å². The van der Waals surface area contributed by atoms with Crippen LogP contribution in [0.25, 0.3) is 0 Å². The van der Waals surface area contributed by atoms with Crippen molar-refractivity contribution in [3.8, 4) is 0 Å². The zero-order chi connectivity index (χ0) is 25.1. The lowest BCUT2D eigenvalue weighted by Gasteiger charge is -2.37. The molecule has 7 rings (SSSR count). The van der Waals surface area contributed by atoms with Gasteiger partial charge in [-0.1, -0.05) is 46.4 Å². The molecular formula is C24H17Cl4N3O5. The third kappa shape index (κ3) is 2.81. The third-order valence-electron chi connectivity index (χ3n) is 7.97. The van der Waals surface area contributed by atoms with Crippen molar-refractivity contribution in [2.45, 2.75) is 23.8 Å². The van der Waals surface area contributed by atoms with Crippen LogP contribution in [0.3, 0.4) is 0 Å². The molecule has 4 saturated heterocycles. The molecule has 36 heavy (non-hydrogen) atoms. The molecule has 12 heteroatoms. The number of benzene rings is 2. The molecule has 186 valence electrons. The SMILES string of the molecule is O=C1C2C3CC4(CN3C3(C(=O)Nc5c(Cl)cc(Cl)cc53)C2C(=O)N1c1cc(Cl)cc(Cl)c1)OCCO4. The van der Waals surface area contributed by atoms with E-state index in [0.29, 0.717) is 35.9 Å². The summed E-state index contributed by atoms with van der Waals surface area (Å²) in [7, 11) is 0. The second-order valence-electron chi connectivity index (χ2n) is 9.68. The molecule has 0 bridgehead atoms. The monoisotopic (exact) mass is 567 g/mol. The molecule has 0 aromatic heterocycles. The van der Waals surface area contributed by atoms with E-state index in [-0.39, 0.29) is 27.3 Å². The number of nitrogens with zero attached hydrogens (tertiary/aromatic N) is 2. The number of ether oxygens (including phenoxy) is 2. The summed E-state index contributed by atoms with van der Waals surface area (Å²) in [6.07, 6.45) is 0.329. The van der Waals surface area contributed by atoms with E-state index < -0.39 is 46.9 Å². The summed E-state index contributed by atoms with van der Waals surface area (Å²) in [6.45, 7) is 1.02. The maximum Gasteiger partial charge on any atom is 0.250 e. The van der Waals surface area contributed by atoms with E-state index in [1.807, 2.05) is 4.90 Å². The van der Waals surface area contributed by atoms with E-state index in [1.54, 1.807) is 6.07 Å². The molecule has 2 aromatic carbocycles. The minimum absolute atomic E-state index is 0.214. The number of rotatable bonds is 1. The molecule has 0 aliphatic carbocycles. The van der Waals surface area contributed by atoms with Crippen LogP contribution in [0.1, 0.15) is 12.0 Å². The Hall–Kier alpha value is -1.91. The van der Waals surface area contributed by atoms with Crippen molar-refractivity contribution in [3.05, 3.63) is 56.0 Å². The van der Waals surface area contributed by atoms with Crippen LogP contribution in [0.5, 0.6) is 0 Å². The number of amides is 3. The Bertz CT molecular complexity index is 1380. The van der Waals surface area contributed by atoms with Crippen molar-refractivity contribution in [1.29, 1.82) is 0 Å². The molecule has 5 aliphatic rings. The Kier molecular flexibility index (Phi) is 4.88. The maximum atomic E-state index is 14.1. The lowest BCUT2D eigenvalue weighted by atomic mass is 9.75. The summed E-state index contributed by atoms with van der Waals surface area (Å²) in [5, 5.41) is 3.98. The molecule has 5 aliphatic heterocycles. The molecule has 0 saturated carbocycles. The van der Waals surface area contributed by atoms with Crippen molar-refractivity contribution >= 4 is 75.5 Å². The molecule has 4 unspecified atom stereocenters. The number of imide groups is 1. The van der Waals surface area contributed by atoms with Gasteiger partial charge in [-0.3, -0.25) is 19.3 Å². The topological polar surface area (TPSA) is 88.2 Å². The van der Waals surface area contributed by atoms with Gasteiger partial charge < -0.3 is 14.8 Å². The molecule has 5 heterocycles. The summed E-state index contributed by atoms with van der Waals surface area (Å²) in [5.74, 6) is -4.22. The van der Waals surface area contributed by atoms with Gasteiger partial charge in [0.1, 0.15) is 5.54 Å². The number of fused-ring (bicyclic) bond motifs is 7. The summed E-state index contributed by atoms with van der Waals surface area (Å²) in [6, 6.07) is 7.19. The predicted octanol–water partition coefficient (Wildman–Crippen LogP) is 4.08. The highest BCUT2D eigenvalue weighted by Gasteiger charge is 2.77. The van der Waals surface area contributed by atoms with Gasteiger partial charge in [-0.05, 0) is 30.3 Å². The Labute approximate surface area is 225 Å². The smallest absolute Gasteiger partial charge is 0.250 e. The molecule has 2 aromatic rings. The average Bonchev–Trinajstić information content (AvgIpc) is 3.56. The van der Waals surface area contributed by atoms with Crippen molar-refractivity contribution < 1.29 is 23.9 Å². The standard InChI is InChI=1S/C24H17Cl4N3O5/c25-10-3-11(26)5-13(4-10)31-20(32)17-16-8-23(35-1-2-36-23)9-30(16)24(18(17)21(31)33)14-6-12(27)7-15(28)19(14)29-22(24)34/h3-7,16-18H,1-2,8-9H2,(H,29,34). The quantitative estimate of drug-likeness (QED) is 0.521. The summed E-state index contributed by atoms with van der Waals surface area (Å²) in [5.41, 5.74) is -0.432. The Morgan fingerprint density at radius 2 is 1.56 bits per heavy atom. The second kappa shape index (κ2) is 7.57. The van der Waals surface area contributed by atoms with Gasteiger partial charge in [0.2, 0.25) is 11.8 Å². The van der Waals surface area contributed by atoms with Gasteiger partial charge in [0.25, 0.3) is 5.91 Å². The number of hydrogen-bond acceptors (Lipinski definition) is 6. The first-order chi connectivity index (χ1) is 17.2. The van der Waals surface area contributed by atoms with Crippen LogP contribution in [0.2, 0.25) is 20.1 Å². The van der Waals surface area contributed by atoms with Crippen molar-refractivity contribution in [2.75, 3.05) is 30.0 Å². The summed E-state index contributed by atoms with van der Waals surface area (Å²) < 4.78 is 11.9. The first-order valence-corrected chi connectivity index (χ1v) is 12.9. The van der Waals surface area contributed by atoms with E-state index in [2.05, 4.69) is 5.32 Å². The molecule has 4 fully saturated rings. The van der Waals surface area contributed by atoms with E-state index in [0.717, 1.165) is 4.90 Å². The molecule has 3 amide bonds. The Morgan fingerprint density at radius 3 is 2.25 bits per heavy atom. The molecule has 0 radical (unpaired) electrons. The molecule has 8 nitrogen and oxygen atoms in total. The Morgan fingerprint density at radius 1 is 0.889 bits per heavy atom. The minimum atomic E-state index is -1.53. The third-order valence-corrected chi connectivity index (χ3v) is 8.92. The zero-order valence-corrected chi connectivity index (χ0v) is 21.4. The fraction of sp³-hybridized carbons (Fsp3) is 0.375. The van der Waals surface area contributed by atoms with Gasteiger partial charge >= 0.3 is 0 Å². The van der Waals surface area contributed by atoms with E-state index in [1.165, 1.54) is 24.3 Å². The molecule has 2 spiro atoms. The summed E-state index contributed by atoms with van der Waals surface area (Å²) >= 11 is 25.2. The van der Waals surface area contributed by atoms with Crippen molar-refractivity contribution in [3.63, 3.8) is 0 Å². The minimum Gasteiger partial charge on any atom is -0.346 e. The highest BCUT2D eigenvalue weighted by molar-refractivity contribution is 6.38. The van der Waals surface area contributed by atoms with E-state index >= 15 is 0 Å². The normalized spacial score (nSPS) is 32.1. The number of nitrogens with one attached hydrogen (secondary N) is 1. The van der Waals surface area contributed by atoms with Gasteiger partial charge in [-0.2, -0.15) is 0 Å². The first kappa shape index (κ1) is 23.2. The maximum absolute atomic E-state index is 14.1. The van der Waals surface area contributed by atoms with Crippen LogP contribution >= 0.6 is 46.4 Å². The Balaban J connectivity index is 1.45. The van der Waals surface area contributed by atoms with Gasteiger partial charge in [0.05, 0.1) is 48.0 Å². The van der Waals surface area contributed by atoms with Crippen LogP contribution in [-0.2, 0) is 29.4 Å². The van der Waals surface area contributed by atoms with Crippen molar-refractivity contribution in [1.82, 2.24) is 4.90 Å². The van der Waals surface area contributed by atoms with Gasteiger partial charge in [0, 0.05) is 33.1 Å². The predicted molar refractivity (Wildman–Crippen MR) is 132 cm³/mol. The fourth-order valence-corrected chi connectivity index (χ4v) is 7.88. The highest BCUT2D eigenvalue weighted by atomic mass is 35.5. The van der Waals surface area contributed by atoms with Crippen LogP contribution in [0.4, 0.5) is 11.4 Å². The number of hydrogen-bond donors (Lipinski definition) is 1. The van der Waals surface area contributed by atoms with Gasteiger partial charge in [-0.15, -0.1) is 0 Å². The molecule has 4 atom stereocenters. The molecule has 1 N–H and O–H groups in total. The van der Waals surface area contributed by atoms with E-state index in [4.69, 9.17) is 55.9 Å². The largest absolute Gasteiger partial charge is 0.346 e. The first-order valence-electron chi connectivity index (χ1n) is 11.4. The fourth-order valence-electron chi connectivity index (χ4n) is 6.83. The number of halogens is 4. The lowest BCUT2D eigenvalue weighted by Crippen LogP contribution is -2.55. The number of carbonyl (C=O) groups is 3. The summed E-state index contributed by atoms with van der Waals surface area (Å²) in [4.78, 5) is 45.0. The van der Waals surface area contributed by atoms with E-state index in [9.17, 15) is 14.4 Å². The van der Waals surface area contributed by atoms with Crippen LogP contribution < -0.4 is 10.2 Å². The second-order valence-corrected chi connectivity index (χ2v) is 11.4. The molecular weight excluding hydrogens is 552 g/mol.